The first-order valence-electron chi connectivity index (χ1n) is 5.49. The largest absolute Gasteiger partial charge is 0.316 e. The van der Waals surface area contributed by atoms with Gasteiger partial charge in [-0.05, 0) is 49.5 Å². The minimum Gasteiger partial charge on any atom is -0.316 e. The average molecular weight is 245 g/mol. The molecule has 1 N–H and O–H groups in total. The molecule has 1 aromatic heterocycles. The SMILES string of the molecule is CNCc1ccc(Sc2nccc(C)n2)cc1. The molecule has 3 nitrogen and oxygen atoms in total. The molecule has 0 saturated heterocycles. The van der Waals surface area contributed by atoms with E-state index < -0.39 is 0 Å². The Bertz CT molecular complexity index is 482. The number of benzene rings is 1. The van der Waals surface area contributed by atoms with Crippen molar-refractivity contribution in [3.63, 3.8) is 0 Å². The number of hydrogen-bond acceptors (Lipinski definition) is 4. The van der Waals surface area contributed by atoms with Crippen molar-refractivity contribution < 1.29 is 0 Å². The van der Waals surface area contributed by atoms with Crippen molar-refractivity contribution in [3.8, 4) is 0 Å². The molecule has 88 valence electrons. The highest BCUT2D eigenvalue weighted by Gasteiger charge is 2.00. The van der Waals surface area contributed by atoms with Crippen molar-refractivity contribution >= 4 is 11.8 Å². The van der Waals surface area contributed by atoms with Gasteiger partial charge in [0, 0.05) is 23.3 Å². The van der Waals surface area contributed by atoms with Gasteiger partial charge in [0.1, 0.15) is 0 Å². The number of aromatic nitrogens is 2. The highest BCUT2D eigenvalue weighted by atomic mass is 32.2. The maximum atomic E-state index is 4.37. The van der Waals surface area contributed by atoms with E-state index in [2.05, 4.69) is 39.6 Å². The second-order valence-electron chi connectivity index (χ2n) is 3.76. The molecule has 0 atom stereocenters. The van der Waals surface area contributed by atoms with E-state index in [1.165, 1.54) is 5.56 Å². The summed E-state index contributed by atoms with van der Waals surface area (Å²) in [5.74, 6) is 0. The Labute approximate surface area is 106 Å². The summed E-state index contributed by atoms with van der Waals surface area (Å²) >= 11 is 1.59. The summed E-state index contributed by atoms with van der Waals surface area (Å²) in [5, 5.41) is 3.93. The zero-order valence-electron chi connectivity index (χ0n) is 9.97. The van der Waals surface area contributed by atoms with Gasteiger partial charge in [0.15, 0.2) is 5.16 Å². The third-order valence-corrected chi connectivity index (χ3v) is 3.17. The molecule has 0 aliphatic rings. The summed E-state index contributed by atoms with van der Waals surface area (Å²) in [5.41, 5.74) is 2.27. The molecule has 0 bridgehead atoms. The van der Waals surface area contributed by atoms with Gasteiger partial charge in [0.2, 0.25) is 0 Å². The van der Waals surface area contributed by atoms with E-state index in [4.69, 9.17) is 0 Å². The third-order valence-electron chi connectivity index (χ3n) is 2.29. The number of aryl methyl sites for hydroxylation is 1. The zero-order chi connectivity index (χ0) is 12.1. The predicted octanol–water partition coefficient (Wildman–Crippen LogP) is 2.66. The molecule has 2 rings (SSSR count). The van der Waals surface area contributed by atoms with Crippen molar-refractivity contribution in [3.05, 3.63) is 47.8 Å². The normalized spacial score (nSPS) is 10.5. The van der Waals surface area contributed by atoms with Crippen LogP contribution in [0.4, 0.5) is 0 Å². The highest BCUT2D eigenvalue weighted by molar-refractivity contribution is 7.99. The van der Waals surface area contributed by atoms with Crippen LogP contribution in [0.25, 0.3) is 0 Å². The number of nitrogens with one attached hydrogen (secondary N) is 1. The number of hydrogen-bond donors (Lipinski definition) is 1. The Morgan fingerprint density at radius 2 is 1.94 bits per heavy atom. The van der Waals surface area contributed by atoms with E-state index in [0.717, 1.165) is 22.3 Å². The number of nitrogens with zero attached hydrogens (tertiary/aromatic N) is 2. The van der Waals surface area contributed by atoms with Gasteiger partial charge < -0.3 is 5.32 Å². The first-order valence-corrected chi connectivity index (χ1v) is 6.30. The van der Waals surface area contributed by atoms with Crippen LogP contribution in [-0.4, -0.2) is 17.0 Å². The van der Waals surface area contributed by atoms with E-state index in [9.17, 15) is 0 Å². The van der Waals surface area contributed by atoms with Gasteiger partial charge in [-0.25, -0.2) is 9.97 Å². The Hall–Kier alpha value is -1.39. The molecule has 0 unspecified atom stereocenters. The molecule has 0 fully saturated rings. The first-order chi connectivity index (χ1) is 8.28. The molecular formula is C13H15N3S. The van der Waals surface area contributed by atoms with Gasteiger partial charge in [-0.2, -0.15) is 0 Å². The van der Waals surface area contributed by atoms with Gasteiger partial charge in [-0.1, -0.05) is 12.1 Å². The molecule has 4 heteroatoms. The lowest BCUT2D eigenvalue weighted by Gasteiger charge is -2.03. The van der Waals surface area contributed by atoms with Crippen molar-refractivity contribution in [2.24, 2.45) is 0 Å². The Morgan fingerprint density at radius 1 is 1.18 bits per heavy atom. The molecule has 1 heterocycles. The van der Waals surface area contributed by atoms with E-state index in [-0.39, 0.29) is 0 Å². The predicted molar refractivity (Wildman–Crippen MR) is 70.1 cm³/mol. The van der Waals surface area contributed by atoms with Crippen LogP contribution in [0.3, 0.4) is 0 Å². The molecule has 0 amide bonds. The van der Waals surface area contributed by atoms with Crippen LogP contribution in [0.5, 0.6) is 0 Å². The third kappa shape index (κ3) is 3.54. The van der Waals surface area contributed by atoms with Crippen molar-refractivity contribution in [2.45, 2.75) is 23.5 Å². The van der Waals surface area contributed by atoms with Crippen LogP contribution in [-0.2, 0) is 6.54 Å². The van der Waals surface area contributed by atoms with Gasteiger partial charge in [-0.15, -0.1) is 0 Å². The Morgan fingerprint density at radius 3 is 2.59 bits per heavy atom. The van der Waals surface area contributed by atoms with Crippen LogP contribution < -0.4 is 5.32 Å². The minimum atomic E-state index is 0.798. The van der Waals surface area contributed by atoms with E-state index in [1.54, 1.807) is 18.0 Å². The molecule has 0 aliphatic heterocycles. The van der Waals surface area contributed by atoms with Crippen molar-refractivity contribution in [1.82, 2.24) is 15.3 Å². The average Bonchev–Trinajstić information content (AvgIpc) is 2.32. The summed E-state index contributed by atoms with van der Waals surface area (Å²) < 4.78 is 0. The van der Waals surface area contributed by atoms with Gasteiger partial charge in [0.05, 0.1) is 0 Å². The van der Waals surface area contributed by atoms with E-state index in [1.807, 2.05) is 20.0 Å². The van der Waals surface area contributed by atoms with Crippen LogP contribution in [0, 0.1) is 6.92 Å². The van der Waals surface area contributed by atoms with E-state index >= 15 is 0 Å². The molecule has 0 saturated carbocycles. The lowest BCUT2D eigenvalue weighted by Crippen LogP contribution is -2.04. The summed E-state index contributed by atoms with van der Waals surface area (Å²) in [7, 11) is 1.95. The molecule has 0 spiro atoms. The van der Waals surface area contributed by atoms with Crippen LogP contribution in [0.1, 0.15) is 11.3 Å². The fraction of sp³-hybridized carbons (Fsp3) is 0.231. The van der Waals surface area contributed by atoms with Gasteiger partial charge in [-0.3, -0.25) is 0 Å². The lowest BCUT2D eigenvalue weighted by atomic mass is 10.2. The van der Waals surface area contributed by atoms with Gasteiger partial charge >= 0.3 is 0 Å². The van der Waals surface area contributed by atoms with E-state index in [0.29, 0.717) is 0 Å². The fourth-order valence-corrected chi connectivity index (χ4v) is 2.25. The lowest BCUT2D eigenvalue weighted by molar-refractivity contribution is 0.817. The highest BCUT2D eigenvalue weighted by Crippen LogP contribution is 2.24. The Kier molecular flexibility index (Phi) is 4.12. The van der Waals surface area contributed by atoms with Crippen LogP contribution in [0.15, 0.2) is 46.6 Å². The second-order valence-corrected chi connectivity index (χ2v) is 4.80. The zero-order valence-corrected chi connectivity index (χ0v) is 10.8. The molecule has 0 radical (unpaired) electrons. The molecule has 2 aromatic rings. The fourth-order valence-electron chi connectivity index (χ4n) is 1.46. The van der Waals surface area contributed by atoms with Gasteiger partial charge in [0.25, 0.3) is 0 Å². The summed E-state index contributed by atoms with van der Waals surface area (Å²) in [6.45, 7) is 2.87. The number of rotatable bonds is 4. The van der Waals surface area contributed by atoms with Crippen LogP contribution in [0.2, 0.25) is 0 Å². The molecule has 0 aliphatic carbocycles. The minimum absolute atomic E-state index is 0.798. The summed E-state index contributed by atoms with van der Waals surface area (Å²) in [4.78, 5) is 9.76. The van der Waals surface area contributed by atoms with Crippen molar-refractivity contribution in [2.75, 3.05) is 7.05 Å². The molecular weight excluding hydrogens is 230 g/mol. The topological polar surface area (TPSA) is 37.8 Å². The molecule has 17 heavy (non-hydrogen) atoms. The standard InChI is InChI=1S/C13H15N3S/c1-10-7-8-15-13(16-10)17-12-5-3-11(4-6-12)9-14-2/h3-8,14H,9H2,1-2H3. The van der Waals surface area contributed by atoms with Crippen molar-refractivity contribution in [1.29, 1.82) is 0 Å². The smallest absolute Gasteiger partial charge is 0.192 e. The summed E-state index contributed by atoms with van der Waals surface area (Å²) in [6, 6.07) is 10.3. The summed E-state index contributed by atoms with van der Waals surface area (Å²) in [6.07, 6.45) is 1.79. The maximum absolute atomic E-state index is 4.37. The molecule has 1 aromatic carbocycles. The first kappa shape index (κ1) is 12.1. The Balaban J connectivity index is 2.08. The monoisotopic (exact) mass is 245 g/mol. The van der Waals surface area contributed by atoms with Crippen LogP contribution >= 0.6 is 11.8 Å². The quantitative estimate of drug-likeness (QED) is 0.840. The second kappa shape index (κ2) is 5.80. The maximum Gasteiger partial charge on any atom is 0.192 e.